The topological polar surface area (TPSA) is 82.1 Å². The zero-order valence-electron chi connectivity index (χ0n) is 24.2. The van der Waals surface area contributed by atoms with Gasteiger partial charge in [0.15, 0.2) is 6.04 Å². The number of carbonyl (C=O) groups excluding carboxylic acids is 1. The highest BCUT2D eigenvalue weighted by molar-refractivity contribution is 7.89. The van der Waals surface area contributed by atoms with Gasteiger partial charge < -0.3 is 10.2 Å². The molecule has 1 N–H and O–H groups in total. The van der Waals surface area contributed by atoms with Gasteiger partial charge in [0.1, 0.15) is 11.7 Å². The zero-order chi connectivity index (χ0) is 31.0. The molecule has 240 valence electrons. The van der Waals surface area contributed by atoms with Crippen LogP contribution in [0, 0.1) is 17.2 Å². The molecule has 7 nitrogen and oxygen atoms in total. The van der Waals surface area contributed by atoms with Gasteiger partial charge in [-0.25, -0.2) is 12.8 Å². The number of benzene rings is 2. The minimum atomic E-state index is -4.36. The average Bonchev–Trinajstić information content (AvgIpc) is 3.22. The second-order valence-electron chi connectivity index (χ2n) is 13.0. The number of likely N-dealkylation sites (tertiary alicyclic amines) is 1. The van der Waals surface area contributed by atoms with E-state index in [1.165, 1.54) is 33.5 Å². The van der Waals surface area contributed by atoms with Crippen LogP contribution in [-0.4, -0.2) is 65.8 Å². The van der Waals surface area contributed by atoms with E-state index >= 15 is 0 Å². The highest BCUT2D eigenvalue weighted by Crippen LogP contribution is 2.71. The SMILES string of the molecule is CC1(C)NC(C23CC(N(Cc4ccc(Cl)c(F)c4)S(=O)(=O)c4ccccc4)(C2)C3)=N[C@H]1C(=O)N1CCC[C@H](C(F)(F)F)C1.Cl. The fourth-order valence-electron chi connectivity index (χ4n) is 7.23. The predicted octanol–water partition coefficient (Wildman–Crippen LogP) is 5.96. The summed E-state index contributed by atoms with van der Waals surface area (Å²) in [6, 6.07) is 11.4. The largest absolute Gasteiger partial charge is 0.393 e. The van der Waals surface area contributed by atoms with Gasteiger partial charge in [0.05, 0.1) is 21.4 Å². The number of nitrogens with one attached hydrogen (secondary N) is 1. The molecule has 2 aliphatic heterocycles. The first-order chi connectivity index (χ1) is 20.1. The lowest BCUT2D eigenvalue weighted by Crippen LogP contribution is -2.78. The fourth-order valence-corrected chi connectivity index (χ4v) is 9.12. The Labute approximate surface area is 265 Å². The number of amides is 1. The van der Waals surface area contributed by atoms with Gasteiger partial charge in [-0.05, 0) is 75.8 Å². The third-order valence-corrected chi connectivity index (χ3v) is 11.8. The maximum Gasteiger partial charge on any atom is 0.393 e. The van der Waals surface area contributed by atoms with Crippen molar-refractivity contribution in [3.05, 3.63) is 64.9 Å². The van der Waals surface area contributed by atoms with Crippen LogP contribution in [0.15, 0.2) is 58.4 Å². The molecule has 4 fully saturated rings. The van der Waals surface area contributed by atoms with Crippen LogP contribution in [0.25, 0.3) is 0 Å². The summed E-state index contributed by atoms with van der Waals surface area (Å²) in [6.07, 6.45) is -2.73. The summed E-state index contributed by atoms with van der Waals surface area (Å²) in [5, 5.41) is 3.31. The van der Waals surface area contributed by atoms with Crippen molar-refractivity contribution in [3.63, 3.8) is 0 Å². The minimum Gasteiger partial charge on any atom is -0.366 e. The third-order valence-electron chi connectivity index (χ3n) is 9.49. The predicted molar refractivity (Wildman–Crippen MR) is 161 cm³/mol. The molecule has 2 heterocycles. The molecule has 0 unspecified atom stereocenters. The Morgan fingerprint density at radius 1 is 1.14 bits per heavy atom. The highest BCUT2D eigenvalue weighted by Gasteiger charge is 2.75. The number of nitrogens with zero attached hydrogens (tertiary/aromatic N) is 3. The summed E-state index contributed by atoms with van der Waals surface area (Å²) >= 11 is 5.86. The van der Waals surface area contributed by atoms with Crippen molar-refractivity contribution in [1.29, 1.82) is 0 Å². The summed E-state index contributed by atoms with van der Waals surface area (Å²) in [5.74, 6) is -2.02. The standard InChI is InChI=1S/C30H33ClF4N4O3S.ClH/c1-27(2)24(25(40)38-12-6-7-20(15-38)30(33,34)35)36-26(37-27)28-16-29(17-28,18-28)39(14-19-10-11-22(31)23(32)13-19)43(41,42)21-8-4-3-5-9-21;/h3-5,8-11,13,20,24H,6-7,12,14-18H2,1-2H3,(H,36,37);1H/t20-,24-,28?,29?;/m0./s1. The summed E-state index contributed by atoms with van der Waals surface area (Å²) < 4.78 is 83.8. The number of halogens is 6. The molecule has 2 aromatic carbocycles. The number of amidine groups is 1. The molecular formula is C30H34Cl2F4N4O3S. The van der Waals surface area contributed by atoms with E-state index in [0.717, 1.165) is 0 Å². The lowest BCUT2D eigenvalue weighted by atomic mass is 9.38. The number of rotatable bonds is 7. The molecule has 3 aliphatic carbocycles. The maximum absolute atomic E-state index is 14.3. The van der Waals surface area contributed by atoms with Crippen molar-refractivity contribution < 1.29 is 30.8 Å². The molecule has 2 atom stereocenters. The molecule has 44 heavy (non-hydrogen) atoms. The Kier molecular flexibility index (Phi) is 8.34. The summed E-state index contributed by atoms with van der Waals surface area (Å²) in [5.41, 5.74) is -1.56. The summed E-state index contributed by atoms with van der Waals surface area (Å²) in [6.45, 7) is 3.45. The molecule has 2 bridgehead atoms. The van der Waals surface area contributed by atoms with Crippen LogP contribution in [-0.2, 0) is 21.4 Å². The first-order valence-corrected chi connectivity index (χ1v) is 16.1. The quantitative estimate of drug-likeness (QED) is 0.367. The number of alkyl halides is 3. The van der Waals surface area contributed by atoms with Crippen LogP contribution >= 0.6 is 24.0 Å². The van der Waals surface area contributed by atoms with Crippen LogP contribution in [0.1, 0.15) is 51.5 Å². The smallest absolute Gasteiger partial charge is 0.366 e. The first kappa shape index (κ1) is 33.0. The van der Waals surface area contributed by atoms with Gasteiger partial charge in [-0.15, -0.1) is 12.4 Å². The van der Waals surface area contributed by atoms with E-state index < -0.39 is 56.4 Å². The molecule has 0 aromatic heterocycles. The lowest BCUT2D eigenvalue weighted by molar-refractivity contribution is -0.188. The second kappa shape index (κ2) is 11.1. The Morgan fingerprint density at radius 2 is 1.80 bits per heavy atom. The lowest BCUT2D eigenvalue weighted by Gasteiger charge is -2.73. The van der Waals surface area contributed by atoms with Crippen molar-refractivity contribution >= 4 is 45.8 Å². The van der Waals surface area contributed by atoms with Crippen LogP contribution in [0.2, 0.25) is 5.02 Å². The van der Waals surface area contributed by atoms with Gasteiger partial charge in [0.25, 0.3) is 0 Å². The van der Waals surface area contributed by atoms with E-state index in [9.17, 15) is 30.8 Å². The van der Waals surface area contributed by atoms with Crippen molar-refractivity contribution in [2.45, 2.75) is 80.7 Å². The molecule has 0 spiro atoms. The Morgan fingerprint density at radius 3 is 2.41 bits per heavy atom. The number of carbonyl (C=O) groups is 1. The van der Waals surface area contributed by atoms with Gasteiger partial charge in [0.2, 0.25) is 15.9 Å². The van der Waals surface area contributed by atoms with Gasteiger partial charge in [-0.1, -0.05) is 35.9 Å². The van der Waals surface area contributed by atoms with Gasteiger partial charge >= 0.3 is 6.18 Å². The van der Waals surface area contributed by atoms with E-state index in [1.54, 1.807) is 38.1 Å². The fraction of sp³-hybridized carbons (Fsp3) is 0.533. The molecule has 5 aliphatic rings. The van der Waals surface area contributed by atoms with Crippen molar-refractivity contribution in [3.8, 4) is 0 Å². The van der Waals surface area contributed by atoms with E-state index in [1.807, 2.05) is 0 Å². The minimum absolute atomic E-state index is 0. The Hall–Kier alpha value is -2.41. The van der Waals surface area contributed by atoms with Crippen LogP contribution in [0.3, 0.4) is 0 Å². The first-order valence-electron chi connectivity index (χ1n) is 14.3. The molecular weight excluding hydrogens is 643 g/mol. The summed E-state index contributed by atoms with van der Waals surface area (Å²) in [4.78, 5) is 19.6. The number of aliphatic imine (C=N–C) groups is 1. The maximum atomic E-state index is 14.3. The van der Waals surface area contributed by atoms with Gasteiger partial charge in [0, 0.05) is 30.6 Å². The monoisotopic (exact) mass is 676 g/mol. The van der Waals surface area contributed by atoms with Crippen molar-refractivity contribution in [2.75, 3.05) is 13.1 Å². The van der Waals surface area contributed by atoms with E-state index in [-0.39, 0.29) is 54.8 Å². The molecule has 1 saturated heterocycles. The van der Waals surface area contributed by atoms with E-state index in [4.69, 9.17) is 16.6 Å². The highest BCUT2D eigenvalue weighted by atomic mass is 35.5. The molecule has 3 saturated carbocycles. The molecule has 0 radical (unpaired) electrons. The number of sulfonamides is 1. The Bertz CT molecular complexity index is 1570. The average molecular weight is 678 g/mol. The van der Waals surface area contributed by atoms with Gasteiger partial charge in [-0.3, -0.25) is 9.79 Å². The van der Waals surface area contributed by atoms with E-state index in [0.29, 0.717) is 30.7 Å². The normalized spacial score (nSPS) is 29.2. The molecule has 2 aromatic rings. The summed E-state index contributed by atoms with van der Waals surface area (Å²) in [7, 11) is -3.97. The van der Waals surface area contributed by atoms with E-state index in [2.05, 4.69) is 5.32 Å². The van der Waals surface area contributed by atoms with Crippen LogP contribution in [0.5, 0.6) is 0 Å². The molecule has 14 heteroatoms. The van der Waals surface area contributed by atoms with Gasteiger partial charge in [-0.2, -0.15) is 17.5 Å². The number of piperidine rings is 1. The van der Waals surface area contributed by atoms with Crippen LogP contribution in [0.4, 0.5) is 17.6 Å². The van der Waals surface area contributed by atoms with Crippen molar-refractivity contribution in [2.24, 2.45) is 16.3 Å². The number of hydrogen-bond donors (Lipinski definition) is 1. The van der Waals surface area contributed by atoms with Crippen LogP contribution < -0.4 is 5.32 Å². The molecule has 1 amide bonds. The Balaban J connectivity index is 0.00000384. The molecule has 7 rings (SSSR count). The second-order valence-corrected chi connectivity index (χ2v) is 15.3. The third kappa shape index (κ3) is 5.49. The number of hydrogen-bond acceptors (Lipinski definition) is 5. The van der Waals surface area contributed by atoms with Crippen molar-refractivity contribution in [1.82, 2.24) is 14.5 Å². The zero-order valence-corrected chi connectivity index (χ0v) is 26.6.